The van der Waals surface area contributed by atoms with Gasteiger partial charge < -0.3 is 5.32 Å². The SMILES string of the molecule is CCNC(CC)c1cccc(-c2ccnn2C)c1. The first-order valence-corrected chi connectivity index (χ1v) is 6.58. The third-order valence-electron chi connectivity index (χ3n) is 3.26. The highest BCUT2D eigenvalue weighted by atomic mass is 15.3. The molecule has 3 heteroatoms. The molecular formula is C15H21N3. The van der Waals surface area contributed by atoms with Gasteiger partial charge >= 0.3 is 0 Å². The third kappa shape index (κ3) is 2.62. The van der Waals surface area contributed by atoms with Gasteiger partial charge in [0.15, 0.2) is 0 Å². The number of hydrogen-bond acceptors (Lipinski definition) is 2. The molecule has 0 spiro atoms. The molecule has 0 aliphatic rings. The van der Waals surface area contributed by atoms with Gasteiger partial charge in [0.2, 0.25) is 0 Å². The zero-order chi connectivity index (χ0) is 13.0. The van der Waals surface area contributed by atoms with E-state index in [4.69, 9.17) is 0 Å². The van der Waals surface area contributed by atoms with E-state index >= 15 is 0 Å². The monoisotopic (exact) mass is 243 g/mol. The van der Waals surface area contributed by atoms with E-state index in [1.54, 1.807) is 0 Å². The van der Waals surface area contributed by atoms with Crippen LogP contribution in [0.3, 0.4) is 0 Å². The molecule has 0 fully saturated rings. The van der Waals surface area contributed by atoms with Crippen LogP contribution in [0.25, 0.3) is 11.3 Å². The first-order chi connectivity index (χ1) is 8.76. The molecule has 0 amide bonds. The van der Waals surface area contributed by atoms with Gasteiger partial charge in [-0.1, -0.05) is 32.0 Å². The largest absolute Gasteiger partial charge is 0.310 e. The third-order valence-corrected chi connectivity index (χ3v) is 3.26. The van der Waals surface area contributed by atoms with Crippen molar-refractivity contribution in [3.8, 4) is 11.3 Å². The number of nitrogens with one attached hydrogen (secondary N) is 1. The minimum atomic E-state index is 0.433. The summed E-state index contributed by atoms with van der Waals surface area (Å²) >= 11 is 0. The maximum atomic E-state index is 4.23. The molecule has 0 aliphatic carbocycles. The Kier molecular flexibility index (Phi) is 4.15. The van der Waals surface area contributed by atoms with Crippen LogP contribution in [0.1, 0.15) is 31.9 Å². The Bertz CT molecular complexity index is 502. The van der Waals surface area contributed by atoms with Crippen molar-refractivity contribution in [1.29, 1.82) is 0 Å². The summed E-state index contributed by atoms with van der Waals surface area (Å²) < 4.78 is 1.91. The lowest BCUT2D eigenvalue weighted by atomic mass is 10.0. The van der Waals surface area contributed by atoms with Crippen LogP contribution in [-0.2, 0) is 7.05 Å². The highest BCUT2D eigenvalue weighted by Crippen LogP contribution is 2.24. The second-order valence-electron chi connectivity index (χ2n) is 4.48. The molecule has 0 bridgehead atoms. The predicted octanol–water partition coefficient (Wildman–Crippen LogP) is 3.15. The average molecular weight is 243 g/mol. The second kappa shape index (κ2) is 5.83. The topological polar surface area (TPSA) is 29.9 Å². The highest BCUT2D eigenvalue weighted by Gasteiger charge is 2.09. The molecule has 2 rings (SSSR count). The standard InChI is InChI=1S/C15H21N3/c1-4-14(16-5-2)12-7-6-8-13(11-12)15-9-10-17-18(15)3/h6-11,14,16H,4-5H2,1-3H3. The number of hydrogen-bond donors (Lipinski definition) is 1. The smallest absolute Gasteiger partial charge is 0.0678 e. The summed E-state index contributed by atoms with van der Waals surface area (Å²) in [5, 5.41) is 7.74. The minimum Gasteiger partial charge on any atom is -0.310 e. The van der Waals surface area contributed by atoms with Crippen molar-refractivity contribution >= 4 is 0 Å². The van der Waals surface area contributed by atoms with Gasteiger partial charge in [0.05, 0.1) is 5.69 Å². The van der Waals surface area contributed by atoms with Crippen molar-refractivity contribution in [2.75, 3.05) is 6.54 Å². The van der Waals surface area contributed by atoms with E-state index in [2.05, 4.69) is 48.5 Å². The van der Waals surface area contributed by atoms with Gasteiger partial charge in [-0.15, -0.1) is 0 Å². The van der Waals surface area contributed by atoms with Crippen molar-refractivity contribution in [3.05, 3.63) is 42.1 Å². The van der Waals surface area contributed by atoms with Crippen molar-refractivity contribution < 1.29 is 0 Å². The molecule has 0 radical (unpaired) electrons. The minimum absolute atomic E-state index is 0.433. The van der Waals surface area contributed by atoms with Crippen molar-refractivity contribution in [1.82, 2.24) is 15.1 Å². The molecule has 1 aromatic heterocycles. The highest BCUT2D eigenvalue weighted by molar-refractivity contribution is 5.60. The van der Waals surface area contributed by atoms with Crippen LogP contribution in [-0.4, -0.2) is 16.3 Å². The molecule has 1 N–H and O–H groups in total. The summed E-state index contributed by atoms with van der Waals surface area (Å²) in [4.78, 5) is 0. The molecule has 18 heavy (non-hydrogen) atoms. The fraction of sp³-hybridized carbons (Fsp3) is 0.400. The number of benzene rings is 1. The van der Waals surface area contributed by atoms with E-state index in [-0.39, 0.29) is 0 Å². The summed E-state index contributed by atoms with van der Waals surface area (Å²) in [7, 11) is 1.98. The summed E-state index contributed by atoms with van der Waals surface area (Å²) in [5.41, 5.74) is 3.73. The van der Waals surface area contributed by atoms with Crippen LogP contribution >= 0.6 is 0 Å². The van der Waals surface area contributed by atoms with Gasteiger partial charge in [0, 0.05) is 24.8 Å². The van der Waals surface area contributed by atoms with E-state index in [0.717, 1.165) is 18.7 Å². The zero-order valence-corrected chi connectivity index (χ0v) is 11.4. The fourth-order valence-electron chi connectivity index (χ4n) is 2.32. The second-order valence-corrected chi connectivity index (χ2v) is 4.48. The van der Waals surface area contributed by atoms with Crippen LogP contribution in [0.4, 0.5) is 0 Å². The van der Waals surface area contributed by atoms with Crippen molar-refractivity contribution in [2.45, 2.75) is 26.3 Å². The molecule has 0 saturated heterocycles. The van der Waals surface area contributed by atoms with Gasteiger partial charge in [-0.2, -0.15) is 5.10 Å². The lowest BCUT2D eigenvalue weighted by Gasteiger charge is -2.17. The molecule has 1 heterocycles. The fourth-order valence-corrected chi connectivity index (χ4v) is 2.32. The first-order valence-electron chi connectivity index (χ1n) is 6.58. The van der Waals surface area contributed by atoms with Gasteiger partial charge in [-0.05, 0) is 30.7 Å². The Balaban J connectivity index is 2.33. The molecule has 0 aliphatic heterocycles. The van der Waals surface area contributed by atoms with Gasteiger partial charge in [-0.25, -0.2) is 0 Å². The van der Waals surface area contributed by atoms with Gasteiger partial charge in [0.25, 0.3) is 0 Å². The first kappa shape index (κ1) is 12.8. The van der Waals surface area contributed by atoms with E-state index in [1.807, 2.05) is 24.0 Å². The summed E-state index contributed by atoms with van der Waals surface area (Å²) in [5.74, 6) is 0. The molecule has 1 atom stereocenters. The maximum absolute atomic E-state index is 4.23. The van der Waals surface area contributed by atoms with Gasteiger partial charge in [-0.3, -0.25) is 4.68 Å². The van der Waals surface area contributed by atoms with Gasteiger partial charge in [0.1, 0.15) is 0 Å². The predicted molar refractivity (Wildman–Crippen MR) is 75.4 cm³/mol. The van der Waals surface area contributed by atoms with Crippen molar-refractivity contribution in [2.24, 2.45) is 7.05 Å². The molecular weight excluding hydrogens is 222 g/mol. The molecule has 96 valence electrons. The van der Waals surface area contributed by atoms with Crippen LogP contribution in [0.5, 0.6) is 0 Å². The molecule has 2 aromatic rings. The zero-order valence-electron chi connectivity index (χ0n) is 11.4. The van der Waals surface area contributed by atoms with E-state index in [0.29, 0.717) is 6.04 Å². The number of aryl methyl sites for hydroxylation is 1. The molecule has 1 aromatic carbocycles. The van der Waals surface area contributed by atoms with Crippen LogP contribution < -0.4 is 5.32 Å². The molecule has 0 saturated carbocycles. The van der Waals surface area contributed by atoms with E-state index < -0.39 is 0 Å². The Morgan fingerprint density at radius 2 is 2.11 bits per heavy atom. The van der Waals surface area contributed by atoms with E-state index in [1.165, 1.54) is 11.1 Å². The van der Waals surface area contributed by atoms with Crippen LogP contribution in [0.2, 0.25) is 0 Å². The summed E-state index contributed by atoms with van der Waals surface area (Å²) in [6.45, 7) is 5.35. The Morgan fingerprint density at radius 3 is 2.72 bits per heavy atom. The lowest BCUT2D eigenvalue weighted by Crippen LogP contribution is -2.20. The number of aromatic nitrogens is 2. The summed E-state index contributed by atoms with van der Waals surface area (Å²) in [6.07, 6.45) is 2.94. The number of nitrogens with zero attached hydrogens (tertiary/aromatic N) is 2. The maximum Gasteiger partial charge on any atom is 0.0678 e. The molecule has 3 nitrogen and oxygen atoms in total. The number of rotatable bonds is 5. The Morgan fingerprint density at radius 1 is 1.28 bits per heavy atom. The van der Waals surface area contributed by atoms with Crippen molar-refractivity contribution in [3.63, 3.8) is 0 Å². The quantitative estimate of drug-likeness (QED) is 0.874. The summed E-state index contributed by atoms with van der Waals surface area (Å²) in [6, 6.07) is 11.2. The van der Waals surface area contributed by atoms with Crippen LogP contribution in [0, 0.1) is 0 Å². The Hall–Kier alpha value is -1.61. The Labute approximate surface area is 109 Å². The lowest BCUT2D eigenvalue weighted by molar-refractivity contribution is 0.537. The average Bonchev–Trinajstić information content (AvgIpc) is 2.82. The molecule has 1 unspecified atom stereocenters. The van der Waals surface area contributed by atoms with Crippen LogP contribution in [0.15, 0.2) is 36.5 Å². The van der Waals surface area contributed by atoms with E-state index in [9.17, 15) is 0 Å². The normalized spacial score (nSPS) is 12.6.